The third-order valence-electron chi connectivity index (χ3n) is 2.23. The van der Waals surface area contributed by atoms with Crippen molar-refractivity contribution in [1.82, 2.24) is 10.6 Å². The number of amides is 2. The summed E-state index contributed by atoms with van der Waals surface area (Å²) >= 11 is 0. The summed E-state index contributed by atoms with van der Waals surface area (Å²) in [6.07, 6.45) is 1.77. The van der Waals surface area contributed by atoms with Gasteiger partial charge in [-0.05, 0) is 19.1 Å². The van der Waals surface area contributed by atoms with E-state index in [9.17, 15) is 9.59 Å². The van der Waals surface area contributed by atoms with Crippen molar-refractivity contribution in [2.75, 3.05) is 6.54 Å². The zero-order chi connectivity index (χ0) is 12.7. The Bertz CT molecular complexity index is 362. The Labute approximate surface area is 99.5 Å². The van der Waals surface area contributed by atoms with Crippen LogP contribution in [0.3, 0.4) is 0 Å². The molecule has 0 aliphatic carbocycles. The van der Waals surface area contributed by atoms with Crippen LogP contribution in [0.2, 0.25) is 0 Å². The number of nitrogens with one attached hydrogen (secondary N) is 2. The lowest BCUT2D eigenvalue weighted by molar-refractivity contribution is -0.123. The molecule has 2 amide bonds. The third-order valence-corrected chi connectivity index (χ3v) is 2.23. The second-order valence-corrected chi connectivity index (χ2v) is 3.69. The summed E-state index contributed by atoms with van der Waals surface area (Å²) in [5.41, 5.74) is 4.99. The molecule has 1 atom stereocenters. The fourth-order valence-electron chi connectivity index (χ4n) is 1.25. The van der Waals surface area contributed by atoms with Gasteiger partial charge in [0, 0.05) is 13.0 Å². The average Bonchev–Trinajstić information content (AvgIpc) is 2.78. The first-order chi connectivity index (χ1) is 8.09. The first-order valence-electron chi connectivity index (χ1n) is 5.41. The van der Waals surface area contributed by atoms with Gasteiger partial charge in [-0.1, -0.05) is 0 Å². The zero-order valence-corrected chi connectivity index (χ0v) is 9.73. The van der Waals surface area contributed by atoms with Crippen LogP contribution in [0.4, 0.5) is 0 Å². The van der Waals surface area contributed by atoms with Crippen molar-refractivity contribution in [1.29, 1.82) is 0 Å². The molecule has 0 aliphatic rings. The number of rotatable bonds is 7. The highest BCUT2D eigenvalue weighted by Gasteiger charge is 2.11. The van der Waals surface area contributed by atoms with Gasteiger partial charge in [-0.3, -0.25) is 9.59 Å². The summed E-state index contributed by atoms with van der Waals surface area (Å²) in [5.74, 6) is 0.161. The highest BCUT2D eigenvalue weighted by Crippen LogP contribution is 1.98. The molecule has 1 unspecified atom stereocenters. The molecule has 17 heavy (non-hydrogen) atoms. The first-order valence-corrected chi connectivity index (χ1v) is 5.41. The van der Waals surface area contributed by atoms with Crippen LogP contribution in [-0.2, 0) is 16.1 Å². The van der Waals surface area contributed by atoms with Crippen LogP contribution in [0.5, 0.6) is 0 Å². The molecule has 0 aromatic carbocycles. The van der Waals surface area contributed by atoms with E-state index in [1.807, 2.05) is 0 Å². The lowest BCUT2D eigenvalue weighted by atomic mass is 10.3. The number of carbonyl (C=O) groups is 2. The molecule has 1 rings (SSSR count). The number of hydrogen-bond acceptors (Lipinski definition) is 4. The molecule has 0 bridgehead atoms. The van der Waals surface area contributed by atoms with Crippen molar-refractivity contribution >= 4 is 11.8 Å². The van der Waals surface area contributed by atoms with E-state index in [2.05, 4.69) is 10.6 Å². The molecule has 94 valence electrons. The normalized spacial score (nSPS) is 12.1. The molecular weight excluding hydrogens is 222 g/mol. The standard InChI is InChI=1S/C11H17N3O3/c1-8(13-5-4-10(12)15)11(16)14-7-9-3-2-6-17-9/h2-3,6,8,13H,4-5,7H2,1H3,(H2,12,15)(H,14,16). The monoisotopic (exact) mass is 239 g/mol. The molecule has 0 fully saturated rings. The molecule has 0 radical (unpaired) electrons. The lowest BCUT2D eigenvalue weighted by Gasteiger charge is -2.12. The van der Waals surface area contributed by atoms with Gasteiger partial charge in [-0.2, -0.15) is 0 Å². The Balaban J connectivity index is 2.20. The van der Waals surface area contributed by atoms with Crippen LogP contribution in [0.25, 0.3) is 0 Å². The summed E-state index contributed by atoms with van der Waals surface area (Å²) in [5, 5.41) is 5.61. The van der Waals surface area contributed by atoms with Gasteiger partial charge in [0.25, 0.3) is 0 Å². The fourth-order valence-corrected chi connectivity index (χ4v) is 1.25. The van der Waals surface area contributed by atoms with Crippen molar-refractivity contribution in [3.8, 4) is 0 Å². The van der Waals surface area contributed by atoms with E-state index in [0.717, 1.165) is 0 Å². The maximum Gasteiger partial charge on any atom is 0.237 e. The van der Waals surface area contributed by atoms with E-state index in [1.54, 1.807) is 25.3 Å². The topological polar surface area (TPSA) is 97.4 Å². The van der Waals surface area contributed by atoms with Crippen LogP contribution in [0, 0.1) is 0 Å². The minimum Gasteiger partial charge on any atom is -0.467 e. The Morgan fingerprint density at radius 1 is 1.53 bits per heavy atom. The second kappa shape index (κ2) is 6.70. The number of carbonyl (C=O) groups excluding carboxylic acids is 2. The molecule has 6 nitrogen and oxygen atoms in total. The number of primary amides is 1. The predicted octanol–water partition coefficient (Wildman–Crippen LogP) is -0.251. The second-order valence-electron chi connectivity index (χ2n) is 3.69. The van der Waals surface area contributed by atoms with Crippen LogP contribution in [0.15, 0.2) is 22.8 Å². The molecule has 0 saturated carbocycles. The molecule has 4 N–H and O–H groups in total. The predicted molar refractivity (Wildman–Crippen MR) is 61.8 cm³/mol. The average molecular weight is 239 g/mol. The smallest absolute Gasteiger partial charge is 0.237 e. The number of furan rings is 1. The van der Waals surface area contributed by atoms with Gasteiger partial charge >= 0.3 is 0 Å². The number of nitrogens with two attached hydrogens (primary N) is 1. The van der Waals surface area contributed by atoms with Gasteiger partial charge in [0.15, 0.2) is 0 Å². The van der Waals surface area contributed by atoms with Crippen molar-refractivity contribution < 1.29 is 14.0 Å². The Morgan fingerprint density at radius 2 is 2.29 bits per heavy atom. The minimum atomic E-state index is -0.388. The molecule has 0 aliphatic heterocycles. The largest absolute Gasteiger partial charge is 0.467 e. The van der Waals surface area contributed by atoms with Gasteiger partial charge in [0.1, 0.15) is 5.76 Å². The van der Waals surface area contributed by atoms with Crippen LogP contribution in [-0.4, -0.2) is 24.4 Å². The third kappa shape index (κ3) is 5.17. The van der Waals surface area contributed by atoms with E-state index < -0.39 is 0 Å². The van der Waals surface area contributed by atoms with Crippen LogP contribution >= 0.6 is 0 Å². The quantitative estimate of drug-likeness (QED) is 0.611. The van der Waals surface area contributed by atoms with Crippen LogP contribution in [0.1, 0.15) is 19.1 Å². The van der Waals surface area contributed by atoms with Crippen molar-refractivity contribution in [3.63, 3.8) is 0 Å². The number of hydrogen-bond donors (Lipinski definition) is 3. The molecule has 1 aromatic heterocycles. The lowest BCUT2D eigenvalue weighted by Crippen LogP contribution is -2.42. The SMILES string of the molecule is CC(NCCC(N)=O)C(=O)NCc1ccco1. The summed E-state index contributed by atoms with van der Waals surface area (Å²) in [4.78, 5) is 22.1. The molecule has 6 heteroatoms. The fraction of sp³-hybridized carbons (Fsp3) is 0.455. The Morgan fingerprint density at radius 3 is 2.88 bits per heavy atom. The van der Waals surface area contributed by atoms with Crippen LogP contribution < -0.4 is 16.4 Å². The summed E-state index contributed by atoms with van der Waals surface area (Å²) in [6.45, 7) is 2.47. The molecule has 1 aromatic rings. The van der Waals surface area contributed by atoms with Gasteiger partial charge in [-0.25, -0.2) is 0 Å². The van der Waals surface area contributed by atoms with Gasteiger partial charge in [0.05, 0.1) is 18.8 Å². The van der Waals surface area contributed by atoms with Crippen molar-refractivity contribution in [2.24, 2.45) is 5.73 Å². The Hall–Kier alpha value is -1.82. The molecule has 0 saturated heterocycles. The van der Waals surface area contributed by atoms with Crippen molar-refractivity contribution in [2.45, 2.75) is 25.9 Å². The summed E-state index contributed by atoms with van der Waals surface area (Å²) in [7, 11) is 0. The molecule has 1 heterocycles. The zero-order valence-electron chi connectivity index (χ0n) is 9.73. The minimum absolute atomic E-state index is 0.147. The maximum absolute atomic E-state index is 11.6. The Kier molecular flexibility index (Phi) is 5.22. The van der Waals surface area contributed by atoms with E-state index in [1.165, 1.54) is 0 Å². The molecular formula is C11H17N3O3. The maximum atomic E-state index is 11.6. The summed E-state index contributed by atoms with van der Waals surface area (Å²) < 4.78 is 5.08. The molecule has 0 spiro atoms. The summed E-state index contributed by atoms with van der Waals surface area (Å²) in [6, 6.07) is 3.17. The van der Waals surface area contributed by atoms with Crippen molar-refractivity contribution in [3.05, 3.63) is 24.2 Å². The highest BCUT2D eigenvalue weighted by molar-refractivity contribution is 5.81. The van der Waals surface area contributed by atoms with E-state index >= 15 is 0 Å². The van der Waals surface area contributed by atoms with Gasteiger partial charge < -0.3 is 20.8 Å². The van der Waals surface area contributed by atoms with E-state index in [-0.39, 0.29) is 24.3 Å². The van der Waals surface area contributed by atoms with Gasteiger partial charge in [-0.15, -0.1) is 0 Å². The van der Waals surface area contributed by atoms with E-state index in [0.29, 0.717) is 18.8 Å². The highest BCUT2D eigenvalue weighted by atomic mass is 16.3. The first kappa shape index (κ1) is 13.2. The van der Waals surface area contributed by atoms with Gasteiger partial charge in [0.2, 0.25) is 11.8 Å². The van der Waals surface area contributed by atoms with E-state index in [4.69, 9.17) is 10.2 Å².